The monoisotopic (exact) mass is 331 g/mol. The van der Waals surface area contributed by atoms with Crippen molar-refractivity contribution in [3.63, 3.8) is 0 Å². The molecule has 1 nitrogen and oxygen atoms in total. The molecular weight excluding hydrogens is 314 g/mol. The van der Waals surface area contributed by atoms with Gasteiger partial charge < -0.3 is 0 Å². The number of hydrogen-bond acceptors (Lipinski definition) is 1. The van der Waals surface area contributed by atoms with Gasteiger partial charge in [-0.05, 0) is 62.0 Å². The number of pyridine rings is 1. The van der Waals surface area contributed by atoms with Gasteiger partial charge in [0.15, 0.2) is 0 Å². The molecule has 0 aliphatic heterocycles. The molecule has 5 aromatic rings. The molecule has 1 heteroatoms. The molecule has 122 valence electrons. The maximum atomic E-state index is 4.80. The SMILES string of the molecule is Cc1ccnc2c1Cc1ccc3c4ccccc4c4ccccc4c3c1-2. The highest BCUT2D eigenvalue weighted by atomic mass is 14.7. The fourth-order valence-corrected chi connectivity index (χ4v) is 4.67. The van der Waals surface area contributed by atoms with E-state index < -0.39 is 0 Å². The van der Waals surface area contributed by atoms with Crippen LogP contribution in [0.25, 0.3) is 43.6 Å². The molecule has 0 saturated heterocycles. The predicted octanol–water partition coefficient (Wildman–Crippen LogP) is 6.42. The molecule has 0 spiro atoms. The normalized spacial score (nSPS) is 12.7. The molecule has 4 aromatic carbocycles. The minimum atomic E-state index is 0.988. The summed E-state index contributed by atoms with van der Waals surface area (Å²) in [4.78, 5) is 4.80. The zero-order valence-corrected chi connectivity index (χ0v) is 14.6. The van der Waals surface area contributed by atoms with Gasteiger partial charge in [-0.25, -0.2) is 0 Å². The summed E-state index contributed by atoms with van der Waals surface area (Å²) in [6, 6.07) is 24.3. The van der Waals surface area contributed by atoms with E-state index in [1.165, 1.54) is 60.3 Å². The van der Waals surface area contributed by atoms with E-state index in [1.807, 2.05) is 6.20 Å². The number of aromatic nitrogens is 1. The summed E-state index contributed by atoms with van der Waals surface area (Å²) in [7, 11) is 0. The third kappa shape index (κ3) is 1.68. The minimum absolute atomic E-state index is 0.988. The zero-order chi connectivity index (χ0) is 17.3. The Morgan fingerprint density at radius 3 is 2.04 bits per heavy atom. The Bertz CT molecular complexity index is 1330. The van der Waals surface area contributed by atoms with Crippen LogP contribution in [0.1, 0.15) is 16.7 Å². The van der Waals surface area contributed by atoms with Gasteiger partial charge in [0.2, 0.25) is 0 Å². The van der Waals surface area contributed by atoms with E-state index in [2.05, 4.69) is 73.7 Å². The highest BCUT2D eigenvalue weighted by Crippen LogP contribution is 2.46. The second-order valence-electron chi connectivity index (χ2n) is 7.25. The standard InChI is InChI=1S/C25H17N/c1-15-12-13-26-25-22(15)14-16-10-11-21-19-8-3-2-6-17(19)18-7-4-5-9-20(18)24(21)23(16)25/h2-13H,14H2,1H3. The fourth-order valence-electron chi connectivity index (χ4n) is 4.67. The van der Waals surface area contributed by atoms with Crippen LogP contribution < -0.4 is 0 Å². The van der Waals surface area contributed by atoms with Crippen molar-refractivity contribution in [2.75, 3.05) is 0 Å². The largest absolute Gasteiger partial charge is 0.256 e. The fraction of sp³-hybridized carbons (Fsp3) is 0.0800. The van der Waals surface area contributed by atoms with E-state index in [0.29, 0.717) is 0 Å². The molecule has 26 heavy (non-hydrogen) atoms. The van der Waals surface area contributed by atoms with E-state index in [-0.39, 0.29) is 0 Å². The molecule has 0 fully saturated rings. The molecule has 0 unspecified atom stereocenters. The second-order valence-corrected chi connectivity index (χ2v) is 7.25. The lowest BCUT2D eigenvalue weighted by molar-refractivity contribution is 1.18. The Kier molecular flexibility index (Phi) is 2.66. The Balaban J connectivity index is 1.93. The van der Waals surface area contributed by atoms with Crippen molar-refractivity contribution < 1.29 is 0 Å². The highest BCUT2D eigenvalue weighted by molar-refractivity contribution is 6.28. The number of rotatable bonds is 0. The van der Waals surface area contributed by atoms with Crippen LogP contribution in [-0.2, 0) is 6.42 Å². The molecular formula is C25H17N. The third-order valence-corrected chi connectivity index (χ3v) is 5.89. The summed E-state index contributed by atoms with van der Waals surface area (Å²) in [5.74, 6) is 0. The first-order chi connectivity index (χ1) is 12.8. The number of nitrogens with zero attached hydrogens (tertiary/aromatic N) is 1. The number of aryl methyl sites for hydroxylation is 1. The van der Waals surface area contributed by atoms with Crippen molar-refractivity contribution in [3.8, 4) is 11.3 Å². The Morgan fingerprint density at radius 1 is 0.692 bits per heavy atom. The van der Waals surface area contributed by atoms with Crippen molar-refractivity contribution in [2.24, 2.45) is 0 Å². The Morgan fingerprint density at radius 2 is 1.31 bits per heavy atom. The molecule has 1 heterocycles. The highest BCUT2D eigenvalue weighted by Gasteiger charge is 2.25. The van der Waals surface area contributed by atoms with E-state index in [4.69, 9.17) is 4.98 Å². The lowest BCUT2D eigenvalue weighted by Gasteiger charge is -2.14. The zero-order valence-electron chi connectivity index (χ0n) is 14.6. The summed E-state index contributed by atoms with van der Waals surface area (Å²) in [5, 5.41) is 7.98. The molecule has 6 rings (SSSR count). The molecule has 1 aliphatic rings. The van der Waals surface area contributed by atoms with Gasteiger partial charge in [0.1, 0.15) is 0 Å². The first kappa shape index (κ1) is 14.0. The summed E-state index contributed by atoms with van der Waals surface area (Å²) >= 11 is 0. The van der Waals surface area contributed by atoms with E-state index in [9.17, 15) is 0 Å². The minimum Gasteiger partial charge on any atom is -0.256 e. The third-order valence-electron chi connectivity index (χ3n) is 5.89. The van der Waals surface area contributed by atoms with Crippen LogP contribution in [-0.4, -0.2) is 4.98 Å². The van der Waals surface area contributed by atoms with Crippen molar-refractivity contribution >= 4 is 32.3 Å². The number of hydrogen-bond donors (Lipinski definition) is 0. The first-order valence-corrected chi connectivity index (χ1v) is 9.13. The van der Waals surface area contributed by atoms with Gasteiger partial charge in [-0.15, -0.1) is 0 Å². The van der Waals surface area contributed by atoms with E-state index in [1.54, 1.807) is 0 Å². The van der Waals surface area contributed by atoms with E-state index in [0.717, 1.165) is 6.42 Å². The van der Waals surface area contributed by atoms with E-state index >= 15 is 0 Å². The molecule has 1 aromatic heterocycles. The van der Waals surface area contributed by atoms with Crippen LogP contribution in [0, 0.1) is 6.92 Å². The predicted molar refractivity (Wildman–Crippen MR) is 110 cm³/mol. The van der Waals surface area contributed by atoms with Gasteiger partial charge in [-0.1, -0.05) is 60.7 Å². The molecule has 0 amide bonds. The molecule has 0 N–H and O–H groups in total. The van der Waals surface area contributed by atoms with Gasteiger partial charge in [-0.2, -0.15) is 0 Å². The van der Waals surface area contributed by atoms with Gasteiger partial charge >= 0.3 is 0 Å². The second kappa shape index (κ2) is 4.92. The lowest BCUT2D eigenvalue weighted by atomic mass is 9.90. The molecule has 0 atom stereocenters. The average Bonchev–Trinajstić information content (AvgIpc) is 3.08. The van der Waals surface area contributed by atoms with Crippen molar-refractivity contribution in [2.45, 2.75) is 13.3 Å². The maximum Gasteiger partial charge on any atom is 0.0749 e. The van der Waals surface area contributed by atoms with Crippen molar-refractivity contribution in [1.29, 1.82) is 0 Å². The molecule has 0 radical (unpaired) electrons. The maximum absolute atomic E-state index is 4.80. The van der Waals surface area contributed by atoms with Gasteiger partial charge in [0.05, 0.1) is 5.69 Å². The number of fused-ring (bicyclic) bond motifs is 10. The smallest absolute Gasteiger partial charge is 0.0749 e. The quantitative estimate of drug-likeness (QED) is 0.293. The van der Waals surface area contributed by atoms with Gasteiger partial charge in [-0.3, -0.25) is 4.98 Å². The summed E-state index contributed by atoms with van der Waals surface area (Å²) in [5.41, 5.74) is 6.63. The topological polar surface area (TPSA) is 12.9 Å². The summed E-state index contributed by atoms with van der Waals surface area (Å²) in [6.07, 6.45) is 2.94. The van der Waals surface area contributed by atoms with Crippen LogP contribution in [0.15, 0.2) is 72.9 Å². The molecule has 1 aliphatic carbocycles. The lowest BCUT2D eigenvalue weighted by Crippen LogP contribution is -1.89. The Hall–Kier alpha value is -3.19. The summed E-state index contributed by atoms with van der Waals surface area (Å²) in [6.45, 7) is 2.20. The van der Waals surface area contributed by atoms with Gasteiger partial charge in [0.25, 0.3) is 0 Å². The van der Waals surface area contributed by atoms with Crippen LogP contribution in [0.4, 0.5) is 0 Å². The summed E-state index contributed by atoms with van der Waals surface area (Å²) < 4.78 is 0. The van der Waals surface area contributed by atoms with Crippen LogP contribution in [0.5, 0.6) is 0 Å². The molecule has 0 saturated carbocycles. The van der Waals surface area contributed by atoms with Crippen molar-refractivity contribution in [3.05, 3.63) is 89.6 Å². The van der Waals surface area contributed by atoms with Crippen molar-refractivity contribution in [1.82, 2.24) is 4.98 Å². The first-order valence-electron chi connectivity index (χ1n) is 9.13. The van der Waals surface area contributed by atoms with Crippen LogP contribution in [0.2, 0.25) is 0 Å². The van der Waals surface area contributed by atoms with Gasteiger partial charge in [0, 0.05) is 18.2 Å². The Labute approximate surface area is 151 Å². The average molecular weight is 331 g/mol. The molecule has 0 bridgehead atoms. The van der Waals surface area contributed by atoms with Crippen LogP contribution in [0.3, 0.4) is 0 Å². The number of benzene rings is 4. The van der Waals surface area contributed by atoms with Crippen LogP contribution >= 0.6 is 0 Å².